The summed E-state index contributed by atoms with van der Waals surface area (Å²) in [6.45, 7) is 2.04. The number of thiocarbonyl (C=S) groups is 1. The standard InChI is InChI=1S/C3H4NOS/c6-3-1-5-2-4-3/h2H,1H2,(H,4,6). The van der Waals surface area contributed by atoms with Crippen LogP contribution in [0.15, 0.2) is 0 Å². The van der Waals surface area contributed by atoms with Gasteiger partial charge in [-0.3, -0.25) is 0 Å². The van der Waals surface area contributed by atoms with Gasteiger partial charge in [0.2, 0.25) is 0 Å². The highest BCUT2D eigenvalue weighted by molar-refractivity contribution is 7.80. The van der Waals surface area contributed by atoms with Gasteiger partial charge in [0.1, 0.15) is 4.99 Å². The Balaban J connectivity index is 2.37. The zero-order valence-corrected chi connectivity index (χ0v) is 3.92. The zero-order chi connectivity index (χ0) is 4.41. The van der Waals surface area contributed by atoms with Gasteiger partial charge < -0.3 is 10.1 Å². The first-order valence-corrected chi connectivity index (χ1v) is 2.03. The highest BCUT2D eigenvalue weighted by Crippen LogP contribution is 1.88. The van der Waals surface area contributed by atoms with Crippen LogP contribution in [0.2, 0.25) is 0 Å². The summed E-state index contributed by atoms with van der Waals surface area (Å²) in [5.74, 6) is 0. The van der Waals surface area contributed by atoms with Crippen LogP contribution in [0.1, 0.15) is 0 Å². The third kappa shape index (κ3) is 0.666. The Bertz CT molecular complexity index is 65.2. The molecule has 1 heterocycles. The molecule has 0 amide bonds. The van der Waals surface area contributed by atoms with Crippen molar-refractivity contribution in [3.63, 3.8) is 0 Å². The van der Waals surface area contributed by atoms with Crippen molar-refractivity contribution in [3.05, 3.63) is 6.73 Å². The molecular formula is C3H4NOS. The molecule has 1 fully saturated rings. The minimum atomic E-state index is 0.551. The number of hydrogen-bond donors (Lipinski definition) is 1. The molecule has 0 aliphatic carbocycles. The van der Waals surface area contributed by atoms with E-state index in [-0.39, 0.29) is 0 Å². The van der Waals surface area contributed by atoms with Crippen LogP contribution in [-0.4, -0.2) is 11.6 Å². The fraction of sp³-hybridized carbons (Fsp3) is 0.333. The van der Waals surface area contributed by atoms with E-state index in [0.717, 1.165) is 4.99 Å². The summed E-state index contributed by atoms with van der Waals surface area (Å²) >= 11 is 4.65. The van der Waals surface area contributed by atoms with E-state index in [4.69, 9.17) is 0 Å². The first-order valence-electron chi connectivity index (χ1n) is 1.62. The Labute approximate surface area is 41.5 Å². The molecule has 1 N–H and O–H groups in total. The largest absolute Gasteiger partial charge is 0.349 e. The van der Waals surface area contributed by atoms with Gasteiger partial charge in [0.05, 0.1) is 6.61 Å². The number of nitrogens with one attached hydrogen (secondary N) is 1. The lowest BCUT2D eigenvalue weighted by atomic mass is 10.7. The van der Waals surface area contributed by atoms with Crippen LogP contribution in [0.3, 0.4) is 0 Å². The highest BCUT2D eigenvalue weighted by atomic mass is 32.1. The zero-order valence-electron chi connectivity index (χ0n) is 3.10. The summed E-state index contributed by atoms with van der Waals surface area (Å²) in [5.41, 5.74) is 0. The van der Waals surface area contributed by atoms with Gasteiger partial charge in [0.25, 0.3) is 0 Å². The lowest BCUT2D eigenvalue weighted by Crippen LogP contribution is -2.09. The summed E-state index contributed by atoms with van der Waals surface area (Å²) in [5, 5.41) is 2.70. The van der Waals surface area contributed by atoms with Crippen LogP contribution in [-0.2, 0) is 4.74 Å². The molecule has 6 heavy (non-hydrogen) atoms. The smallest absolute Gasteiger partial charge is 0.173 e. The third-order valence-electron chi connectivity index (χ3n) is 0.518. The Morgan fingerprint density at radius 1 is 2.00 bits per heavy atom. The van der Waals surface area contributed by atoms with Crippen LogP contribution in [0, 0.1) is 6.73 Å². The molecule has 1 aliphatic rings. The van der Waals surface area contributed by atoms with E-state index in [2.05, 4.69) is 22.3 Å². The predicted octanol–water partition coefficient (Wildman–Crippen LogP) is 0.0529. The van der Waals surface area contributed by atoms with Gasteiger partial charge in [-0.05, 0) is 0 Å². The van der Waals surface area contributed by atoms with Gasteiger partial charge in [-0.15, -0.1) is 0 Å². The fourth-order valence-corrected chi connectivity index (χ4v) is 0.383. The molecule has 1 radical (unpaired) electrons. The van der Waals surface area contributed by atoms with Crippen LogP contribution in [0.5, 0.6) is 0 Å². The molecule has 0 aromatic heterocycles. The summed E-state index contributed by atoms with van der Waals surface area (Å²) in [6, 6.07) is 0. The minimum Gasteiger partial charge on any atom is -0.349 e. The monoisotopic (exact) mass is 102 g/mol. The van der Waals surface area contributed by atoms with Crippen molar-refractivity contribution >= 4 is 17.2 Å². The lowest BCUT2D eigenvalue weighted by molar-refractivity contribution is 0.266. The first-order chi connectivity index (χ1) is 2.89. The van der Waals surface area contributed by atoms with Crippen LogP contribution >= 0.6 is 12.2 Å². The van der Waals surface area contributed by atoms with Crippen molar-refractivity contribution in [1.82, 2.24) is 5.32 Å². The summed E-state index contributed by atoms with van der Waals surface area (Å²) < 4.78 is 4.68. The molecule has 0 aromatic carbocycles. The van der Waals surface area contributed by atoms with Crippen molar-refractivity contribution < 1.29 is 4.74 Å². The fourth-order valence-electron chi connectivity index (χ4n) is 0.266. The minimum absolute atomic E-state index is 0.551. The summed E-state index contributed by atoms with van der Waals surface area (Å²) in [7, 11) is 0. The Morgan fingerprint density at radius 2 is 2.83 bits per heavy atom. The van der Waals surface area contributed by atoms with Crippen molar-refractivity contribution in [2.45, 2.75) is 0 Å². The molecule has 0 spiro atoms. The summed E-state index contributed by atoms with van der Waals surface area (Å²) in [6.07, 6.45) is 0. The van der Waals surface area contributed by atoms with Gasteiger partial charge in [0.15, 0.2) is 6.73 Å². The second kappa shape index (κ2) is 1.53. The van der Waals surface area contributed by atoms with Crippen molar-refractivity contribution in [2.24, 2.45) is 0 Å². The van der Waals surface area contributed by atoms with E-state index < -0.39 is 0 Å². The molecule has 1 saturated heterocycles. The van der Waals surface area contributed by atoms with E-state index >= 15 is 0 Å². The molecule has 1 aliphatic heterocycles. The topological polar surface area (TPSA) is 21.3 Å². The maximum Gasteiger partial charge on any atom is 0.173 e. The first kappa shape index (κ1) is 4.02. The predicted molar refractivity (Wildman–Crippen MR) is 26.0 cm³/mol. The molecule has 0 aromatic rings. The molecular weight excluding hydrogens is 98.1 g/mol. The van der Waals surface area contributed by atoms with E-state index in [0.29, 0.717) is 6.61 Å². The molecule has 0 atom stereocenters. The van der Waals surface area contributed by atoms with Crippen molar-refractivity contribution in [3.8, 4) is 0 Å². The summed E-state index contributed by atoms with van der Waals surface area (Å²) in [4.78, 5) is 0.759. The Kier molecular flexibility index (Phi) is 1.03. The quantitative estimate of drug-likeness (QED) is 0.437. The molecule has 0 bridgehead atoms. The van der Waals surface area contributed by atoms with Gasteiger partial charge in [-0.2, -0.15) is 0 Å². The molecule has 33 valence electrons. The molecule has 3 heteroatoms. The lowest BCUT2D eigenvalue weighted by Gasteiger charge is -1.79. The van der Waals surface area contributed by atoms with Gasteiger partial charge in [0, 0.05) is 0 Å². The molecule has 1 rings (SSSR count). The van der Waals surface area contributed by atoms with Crippen LogP contribution in [0.25, 0.3) is 0 Å². The second-order valence-corrected chi connectivity index (χ2v) is 1.49. The van der Waals surface area contributed by atoms with E-state index in [1.165, 1.54) is 6.73 Å². The maximum atomic E-state index is 4.68. The van der Waals surface area contributed by atoms with Gasteiger partial charge in [-0.1, -0.05) is 12.2 Å². The van der Waals surface area contributed by atoms with E-state index in [1.54, 1.807) is 0 Å². The van der Waals surface area contributed by atoms with E-state index in [1.807, 2.05) is 0 Å². The van der Waals surface area contributed by atoms with Crippen LogP contribution < -0.4 is 5.32 Å². The van der Waals surface area contributed by atoms with Gasteiger partial charge in [-0.25, -0.2) is 0 Å². The molecule has 0 saturated carbocycles. The average molecular weight is 102 g/mol. The Hall–Kier alpha value is -0.150. The number of rotatable bonds is 0. The highest BCUT2D eigenvalue weighted by Gasteiger charge is 2.02. The van der Waals surface area contributed by atoms with E-state index in [9.17, 15) is 0 Å². The van der Waals surface area contributed by atoms with Crippen LogP contribution in [0.4, 0.5) is 0 Å². The molecule has 2 nitrogen and oxygen atoms in total. The third-order valence-corrected chi connectivity index (χ3v) is 0.753. The normalized spacial score (nSPS) is 21.0. The molecule has 0 unspecified atom stereocenters. The second-order valence-electron chi connectivity index (χ2n) is 0.996. The number of ether oxygens (including phenoxy) is 1. The Morgan fingerprint density at radius 3 is 3.00 bits per heavy atom. The van der Waals surface area contributed by atoms with Gasteiger partial charge >= 0.3 is 0 Å². The number of hydrogen-bond acceptors (Lipinski definition) is 2. The average Bonchev–Trinajstić information content (AvgIpc) is 1.86. The van der Waals surface area contributed by atoms with Crippen molar-refractivity contribution in [1.29, 1.82) is 0 Å². The SMILES string of the molecule is S=C1CO[CH]N1. The van der Waals surface area contributed by atoms with Crippen molar-refractivity contribution in [2.75, 3.05) is 6.61 Å². The maximum absolute atomic E-state index is 4.68.